The van der Waals surface area contributed by atoms with E-state index in [9.17, 15) is 4.79 Å². The molecule has 6 heteroatoms. The largest absolute Gasteiger partial charge is 0.490 e. The van der Waals surface area contributed by atoms with Gasteiger partial charge < -0.3 is 14.4 Å². The van der Waals surface area contributed by atoms with Crippen molar-refractivity contribution in [3.63, 3.8) is 0 Å². The van der Waals surface area contributed by atoms with Crippen molar-refractivity contribution in [2.45, 2.75) is 26.8 Å². The van der Waals surface area contributed by atoms with Crippen LogP contribution >= 0.6 is 0 Å². The molecule has 0 unspecified atom stereocenters. The summed E-state index contributed by atoms with van der Waals surface area (Å²) in [6.07, 6.45) is 4.08. The highest BCUT2D eigenvalue weighted by molar-refractivity contribution is 5.95. The number of nitrogens with zero attached hydrogens (tertiary/aromatic N) is 3. The summed E-state index contributed by atoms with van der Waals surface area (Å²) in [5, 5.41) is 0. The van der Waals surface area contributed by atoms with Crippen LogP contribution < -0.4 is 9.47 Å². The van der Waals surface area contributed by atoms with Gasteiger partial charge >= 0.3 is 0 Å². The highest BCUT2D eigenvalue weighted by Crippen LogP contribution is 2.29. The molecule has 3 rings (SSSR count). The summed E-state index contributed by atoms with van der Waals surface area (Å²) in [5.74, 6) is 1.24. The number of amides is 1. The number of ether oxygens (including phenoxy) is 2. The third-order valence-corrected chi connectivity index (χ3v) is 3.94. The Kier molecular flexibility index (Phi) is 4.93. The molecule has 24 heavy (non-hydrogen) atoms. The normalized spacial score (nSPS) is 13.3. The molecule has 0 bridgehead atoms. The monoisotopic (exact) mass is 327 g/mol. The average Bonchev–Trinajstić information content (AvgIpc) is 2.62. The molecular weight excluding hydrogens is 306 g/mol. The van der Waals surface area contributed by atoms with E-state index < -0.39 is 0 Å². The van der Waals surface area contributed by atoms with E-state index in [-0.39, 0.29) is 5.91 Å². The molecule has 0 spiro atoms. The zero-order valence-electron chi connectivity index (χ0n) is 14.0. The molecule has 1 aromatic carbocycles. The van der Waals surface area contributed by atoms with Gasteiger partial charge in [-0.3, -0.25) is 4.79 Å². The van der Waals surface area contributed by atoms with Crippen LogP contribution in [0.4, 0.5) is 0 Å². The number of carbonyl (C=O) groups is 1. The fourth-order valence-electron chi connectivity index (χ4n) is 2.81. The number of benzene rings is 1. The molecule has 0 fully saturated rings. The highest BCUT2D eigenvalue weighted by Gasteiger charge is 2.23. The Labute approximate surface area is 141 Å². The Bertz CT molecular complexity index is 733. The molecule has 0 atom stereocenters. The van der Waals surface area contributed by atoms with Crippen LogP contribution in [0.15, 0.2) is 30.7 Å². The summed E-state index contributed by atoms with van der Waals surface area (Å²) >= 11 is 0. The molecule has 0 aliphatic carbocycles. The van der Waals surface area contributed by atoms with Crippen molar-refractivity contribution < 1.29 is 14.3 Å². The zero-order valence-corrected chi connectivity index (χ0v) is 14.0. The first kappa shape index (κ1) is 16.2. The van der Waals surface area contributed by atoms with E-state index in [1.54, 1.807) is 30.7 Å². The predicted molar refractivity (Wildman–Crippen MR) is 89.3 cm³/mol. The van der Waals surface area contributed by atoms with E-state index in [4.69, 9.17) is 9.47 Å². The SMILES string of the molecule is CCOc1ccc(C(=O)N2CCc3ncncc3C2)cc1OCC. The lowest BCUT2D eigenvalue weighted by Crippen LogP contribution is -2.36. The summed E-state index contributed by atoms with van der Waals surface area (Å²) in [4.78, 5) is 23.0. The molecule has 6 nitrogen and oxygen atoms in total. The topological polar surface area (TPSA) is 64.5 Å². The minimum atomic E-state index is -0.0199. The smallest absolute Gasteiger partial charge is 0.254 e. The second-order valence-corrected chi connectivity index (χ2v) is 5.50. The van der Waals surface area contributed by atoms with E-state index in [2.05, 4.69) is 9.97 Å². The van der Waals surface area contributed by atoms with Crippen molar-refractivity contribution >= 4 is 5.91 Å². The Morgan fingerprint density at radius 1 is 1.21 bits per heavy atom. The predicted octanol–water partition coefficient (Wildman–Crippen LogP) is 2.47. The minimum absolute atomic E-state index is 0.0199. The molecule has 0 radical (unpaired) electrons. The van der Waals surface area contributed by atoms with Crippen molar-refractivity contribution in [3.8, 4) is 11.5 Å². The van der Waals surface area contributed by atoms with Gasteiger partial charge in [0.05, 0.1) is 18.9 Å². The van der Waals surface area contributed by atoms with E-state index in [1.807, 2.05) is 18.7 Å². The Morgan fingerprint density at radius 3 is 2.79 bits per heavy atom. The third-order valence-electron chi connectivity index (χ3n) is 3.94. The van der Waals surface area contributed by atoms with Gasteiger partial charge in [0.1, 0.15) is 6.33 Å². The van der Waals surface area contributed by atoms with Crippen LogP contribution in [0.2, 0.25) is 0 Å². The van der Waals surface area contributed by atoms with Crippen molar-refractivity contribution in [1.82, 2.24) is 14.9 Å². The quantitative estimate of drug-likeness (QED) is 0.844. The van der Waals surface area contributed by atoms with Gasteiger partial charge in [0.15, 0.2) is 11.5 Å². The lowest BCUT2D eigenvalue weighted by atomic mass is 10.1. The van der Waals surface area contributed by atoms with Crippen LogP contribution in [0.25, 0.3) is 0 Å². The van der Waals surface area contributed by atoms with Gasteiger partial charge in [0.2, 0.25) is 0 Å². The number of hydrogen-bond acceptors (Lipinski definition) is 5. The number of rotatable bonds is 5. The molecule has 1 aliphatic rings. The standard InChI is InChI=1S/C18H21N3O3/c1-3-23-16-6-5-13(9-17(16)24-4-2)18(22)21-8-7-15-14(11-21)10-19-12-20-15/h5-6,9-10,12H,3-4,7-8,11H2,1-2H3. The molecule has 1 aliphatic heterocycles. The molecule has 1 amide bonds. The van der Waals surface area contributed by atoms with E-state index >= 15 is 0 Å². The van der Waals surface area contributed by atoms with Crippen LogP contribution in [0.3, 0.4) is 0 Å². The zero-order chi connectivity index (χ0) is 16.9. The van der Waals surface area contributed by atoms with Gasteiger partial charge in [-0.1, -0.05) is 0 Å². The first-order valence-electron chi connectivity index (χ1n) is 8.19. The summed E-state index contributed by atoms with van der Waals surface area (Å²) in [6.45, 7) is 6.09. The average molecular weight is 327 g/mol. The molecule has 2 aromatic rings. The number of carbonyl (C=O) groups excluding carboxylic acids is 1. The van der Waals surface area contributed by atoms with E-state index in [1.165, 1.54) is 0 Å². The lowest BCUT2D eigenvalue weighted by Gasteiger charge is -2.28. The van der Waals surface area contributed by atoms with Crippen molar-refractivity contribution in [1.29, 1.82) is 0 Å². The van der Waals surface area contributed by atoms with Crippen LogP contribution in [0, 0.1) is 0 Å². The molecule has 2 heterocycles. The highest BCUT2D eigenvalue weighted by atomic mass is 16.5. The lowest BCUT2D eigenvalue weighted by molar-refractivity contribution is 0.0732. The van der Waals surface area contributed by atoms with E-state index in [0.29, 0.717) is 43.4 Å². The van der Waals surface area contributed by atoms with Gasteiger partial charge in [-0.05, 0) is 32.0 Å². The molecule has 0 saturated heterocycles. The summed E-state index contributed by atoms with van der Waals surface area (Å²) < 4.78 is 11.2. The number of hydrogen-bond donors (Lipinski definition) is 0. The second kappa shape index (κ2) is 7.29. The summed E-state index contributed by atoms with van der Waals surface area (Å²) in [6, 6.07) is 5.34. The van der Waals surface area contributed by atoms with Crippen LogP contribution in [0.1, 0.15) is 35.5 Å². The van der Waals surface area contributed by atoms with Crippen molar-refractivity contribution in [3.05, 3.63) is 47.5 Å². The summed E-state index contributed by atoms with van der Waals surface area (Å²) in [5.41, 5.74) is 2.63. The molecule has 1 aromatic heterocycles. The fraction of sp³-hybridized carbons (Fsp3) is 0.389. The number of aromatic nitrogens is 2. The van der Waals surface area contributed by atoms with Crippen molar-refractivity contribution in [2.24, 2.45) is 0 Å². The third kappa shape index (κ3) is 3.32. The van der Waals surface area contributed by atoms with E-state index in [0.717, 1.165) is 17.7 Å². The van der Waals surface area contributed by atoms with Gasteiger partial charge in [-0.2, -0.15) is 0 Å². The van der Waals surface area contributed by atoms with Crippen LogP contribution in [0.5, 0.6) is 11.5 Å². The molecular formula is C18H21N3O3. The van der Waals surface area contributed by atoms with Gasteiger partial charge in [-0.15, -0.1) is 0 Å². The fourth-order valence-corrected chi connectivity index (χ4v) is 2.81. The van der Waals surface area contributed by atoms with Gasteiger partial charge in [-0.25, -0.2) is 9.97 Å². The number of fused-ring (bicyclic) bond motifs is 1. The molecule has 0 N–H and O–H groups in total. The first-order valence-corrected chi connectivity index (χ1v) is 8.19. The van der Waals surface area contributed by atoms with Crippen LogP contribution in [-0.4, -0.2) is 40.5 Å². The Balaban J connectivity index is 1.81. The Hall–Kier alpha value is -2.63. The minimum Gasteiger partial charge on any atom is -0.490 e. The first-order chi connectivity index (χ1) is 11.7. The second-order valence-electron chi connectivity index (χ2n) is 5.50. The van der Waals surface area contributed by atoms with Crippen molar-refractivity contribution in [2.75, 3.05) is 19.8 Å². The molecule has 0 saturated carbocycles. The Morgan fingerprint density at radius 2 is 2.00 bits per heavy atom. The van der Waals surface area contributed by atoms with Gasteiger partial charge in [0, 0.05) is 36.8 Å². The maximum Gasteiger partial charge on any atom is 0.254 e. The van der Waals surface area contributed by atoms with Crippen LogP contribution in [-0.2, 0) is 13.0 Å². The maximum absolute atomic E-state index is 12.8. The molecule has 126 valence electrons. The summed E-state index contributed by atoms with van der Waals surface area (Å²) in [7, 11) is 0. The van der Waals surface area contributed by atoms with Gasteiger partial charge in [0.25, 0.3) is 5.91 Å². The maximum atomic E-state index is 12.8.